The predicted molar refractivity (Wildman–Crippen MR) is 125 cm³/mol. The van der Waals surface area contributed by atoms with Crippen LogP contribution in [0.5, 0.6) is 0 Å². The van der Waals surface area contributed by atoms with Gasteiger partial charge in [0.25, 0.3) is 5.91 Å². The lowest BCUT2D eigenvalue weighted by atomic mass is 9.69. The number of amides is 1. The first-order valence-corrected chi connectivity index (χ1v) is 12.0. The maximum Gasteiger partial charge on any atom is 0.252 e. The molecule has 1 amide bonds. The summed E-state index contributed by atoms with van der Waals surface area (Å²) in [5.41, 5.74) is 5.04. The third-order valence-electron chi connectivity index (χ3n) is 7.45. The van der Waals surface area contributed by atoms with Crippen LogP contribution in [-0.2, 0) is 16.1 Å². The van der Waals surface area contributed by atoms with Crippen LogP contribution in [0.4, 0.5) is 0 Å². The average molecular weight is 448 g/mol. The van der Waals surface area contributed by atoms with Gasteiger partial charge in [-0.1, -0.05) is 19.1 Å². The van der Waals surface area contributed by atoms with Crippen LogP contribution in [0.1, 0.15) is 73.3 Å². The Bertz CT molecular complexity index is 1160. The lowest BCUT2D eigenvalue weighted by Crippen LogP contribution is -2.43. The molecule has 174 valence electrons. The van der Waals surface area contributed by atoms with E-state index in [2.05, 4.69) is 47.2 Å². The Morgan fingerprint density at radius 2 is 1.97 bits per heavy atom. The Hall–Kier alpha value is -2.80. The summed E-state index contributed by atoms with van der Waals surface area (Å²) in [4.78, 5) is 28.4. The van der Waals surface area contributed by atoms with E-state index in [9.17, 15) is 4.79 Å². The Kier molecular flexibility index (Phi) is 5.69. The van der Waals surface area contributed by atoms with E-state index in [4.69, 9.17) is 4.84 Å². The molecule has 7 nitrogen and oxygen atoms in total. The van der Waals surface area contributed by atoms with Crippen molar-refractivity contribution in [2.75, 3.05) is 6.61 Å². The van der Waals surface area contributed by atoms with Gasteiger partial charge in [-0.15, -0.1) is 0 Å². The minimum absolute atomic E-state index is 0.0408. The van der Waals surface area contributed by atoms with Gasteiger partial charge in [-0.2, -0.15) is 5.10 Å². The quantitative estimate of drug-likeness (QED) is 0.580. The van der Waals surface area contributed by atoms with E-state index in [1.165, 1.54) is 5.56 Å². The van der Waals surface area contributed by atoms with Crippen LogP contribution in [-0.4, -0.2) is 37.2 Å². The molecule has 0 spiro atoms. The molecule has 1 aliphatic heterocycles. The average Bonchev–Trinajstić information content (AvgIpc) is 3.42. The second kappa shape index (κ2) is 8.52. The van der Waals surface area contributed by atoms with E-state index in [-0.39, 0.29) is 17.4 Å². The molecule has 0 aromatic carbocycles. The Morgan fingerprint density at radius 3 is 2.70 bits per heavy atom. The van der Waals surface area contributed by atoms with Crippen LogP contribution in [0, 0.1) is 32.1 Å². The maximum absolute atomic E-state index is 13.6. The molecule has 0 radical (unpaired) electrons. The van der Waals surface area contributed by atoms with Gasteiger partial charge in [-0.05, 0) is 81.5 Å². The smallest absolute Gasteiger partial charge is 0.252 e. The van der Waals surface area contributed by atoms with Gasteiger partial charge in [-0.3, -0.25) is 14.6 Å². The zero-order chi connectivity index (χ0) is 23.2. The fraction of sp³-hybridized carbons (Fsp3) is 0.538. The number of nitrogens with zero attached hydrogens (tertiary/aromatic N) is 5. The minimum atomic E-state index is -0.375. The largest absolute Gasteiger partial charge is 0.272 e. The lowest BCUT2D eigenvalue weighted by Gasteiger charge is -2.39. The van der Waals surface area contributed by atoms with Crippen LogP contribution in [0.2, 0.25) is 0 Å². The third-order valence-corrected chi connectivity index (χ3v) is 7.45. The van der Waals surface area contributed by atoms with Gasteiger partial charge in [-0.25, -0.2) is 14.6 Å². The van der Waals surface area contributed by atoms with Crippen molar-refractivity contribution in [2.45, 2.75) is 72.3 Å². The lowest BCUT2D eigenvalue weighted by molar-refractivity contribution is -0.190. The highest BCUT2D eigenvalue weighted by atomic mass is 16.7. The molecule has 2 aliphatic rings. The summed E-state index contributed by atoms with van der Waals surface area (Å²) >= 11 is 0. The normalized spacial score (nSPS) is 25.6. The van der Waals surface area contributed by atoms with Crippen molar-refractivity contribution in [1.82, 2.24) is 24.6 Å². The van der Waals surface area contributed by atoms with Crippen LogP contribution < -0.4 is 0 Å². The summed E-state index contributed by atoms with van der Waals surface area (Å²) in [6.07, 6.45) is 9.68. The number of rotatable bonds is 4. The van der Waals surface area contributed by atoms with Gasteiger partial charge < -0.3 is 0 Å². The first-order chi connectivity index (χ1) is 15.8. The third kappa shape index (κ3) is 4.26. The molecule has 0 bridgehead atoms. The molecular formula is C26H33N5O2. The van der Waals surface area contributed by atoms with Crippen LogP contribution in [0.3, 0.4) is 0 Å². The maximum atomic E-state index is 13.6. The molecule has 0 unspecified atom stereocenters. The Balaban J connectivity index is 1.25. The summed E-state index contributed by atoms with van der Waals surface area (Å²) in [6, 6.07) is 6.27. The van der Waals surface area contributed by atoms with Gasteiger partial charge in [0, 0.05) is 29.9 Å². The van der Waals surface area contributed by atoms with Crippen LogP contribution in [0.25, 0.3) is 5.65 Å². The molecule has 3 aromatic rings. The van der Waals surface area contributed by atoms with E-state index >= 15 is 0 Å². The van der Waals surface area contributed by atoms with E-state index in [0.29, 0.717) is 12.5 Å². The molecule has 1 aliphatic carbocycles. The monoisotopic (exact) mass is 447 g/mol. The van der Waals surface area contributed by atoms with Crippen molar-refractivity contribution in [3.8, 4) is 0 Å². The molecule has 4 heterocycles. The summed E-state index contributed by atoms with van der Waals surface area (Å²) in [5, 5.41) is 6.14. The highest BCUT2D eigenvalue weighted by Gasteiger charge is 2.44. The number of fused-ring (bicyclic) bond motifs is 1. The highest BCUT2D eigenvalue weighted by Crippen LogP contribution is 2.44. The van der Waals surface area contributed by atoms with Crippen molar-refractivity contribution < 1.29 is 9.63 Å². The zero-order valence-corrected chi connectivity index (χ0v) is 20.0. The van der Waals surface area contributed by atoms with Crippen molar-refractivity contribution in [1.29, 1.82) is 0 Å². The van der Waals surface area contributed by atoms with Gasteiger partial charge in [0.15, 0.2) is 5.65 Å². The molecule has 2 fully saturated rings. The fourth-order valence-electron chi connectivity index (χ4n) is 5.42. The van der Waals surface area contributed by atoms with Crippen molar-refractivity contribution >= 4 is 11.6 Å². The van der Waals surface area contributed by atoms with E-state index in [1.807, 2.05) is 30.6 Å². The second-order valence-electron chi connectivity index (χ2n) is 10.2. The standard InChI is InChI=1S/C26H33N5O2/c1-17-13-21(16-30-24(17)28-19(3)29-30)14-20-7-10-26(4,11-8-20)25(32)31-23(9-12-33-31)22-6-5-18(2)27-15-22/h5-6,13,15-16,20,23H,7-12,14H2,1-4H3/t20?,23-,26?/m0/s1. The molecular weight excluding hydrogens is 414 g/mol. The molecule has 1 atom stereocenters. The van der Waals surface area contributed by atoms with E-state index < -0.39 is 0 Å². The molecule has 1 saturated carbocycles. The number of hydrogen-bond acceptors (Lipinski definition) is 5. The minimum Gasteiger partial charge on any atom is -0.272 e. The highest BCUT2D eigenvalue weighted by molar-refractivity contribution is 5.82. The topological polar surface area (TPSA) is 72.6 Å². The van der Waals surface area contributed by atoms with Crippen LogP contribution in [0.15, 0.2) is 30.6 Å². The molecule has 33 heavy (non-hydrogen) atoms. The Labute approximate surface area is 195 Å². The van der Waals surface area contributed by atoms with Crippen molar-refractivity contribution in [3.05, 3.63) is 58.8 Å². The van der Waals surface area contributed by atoms with Crippen molar-refractivity contribution in [3.63, 3.8) is 0 Å². The second-order valence-corrected chi connectivity index (χ2v) is 10.2. The Morgan fingerprint density at radius 1 is 1.18 bits per heavy atom. The van der Waals surface area contributed by atoms with Gasteiger partial charge in [0.2, 0.25) is 0 Å². The van der Waals surface area contributed by atoms with E-state index in [1.54, 1.807) is 5.06 Å². The number of aromatic nitrogens is 4. The zero-order valence-electron chi connectivity index (χ0n) is 20.0. The summed E-state index contributed by atoms with van der Waals surface area (Å²) in [7, 11) is 0. The molecule has 1 saturated heterocycles. The molecule has 7 heteroatoms. The number of pyridine rings is 2. The molecule has 5 rings (SSSR count). The van der Waals surface area contributed by atoms with E-state index in [0.717, 1.165) is 66.8 Å². The van der Waals surface area contributed by atoms with Crippen molar-refractivity contribution in [2.24, 2.45) is 11.3 Å². The first-order valence-electron chi connectivity index (χ1n) is 12.0. The number of aryl methyl sites for hydroxylation is 3. The number of hydrogen-bond donors (Lipinski definition) is 0. The summed E-state index contributed by atoms with van der Waals surface area (Å²) in [6.45, 7) is 8.69. The van der Waals surface area contributed by atoms with Gasteiger partial charge >= 0.3 is 0 Å². The number of carbonyl (C=O) groups excluding carboxylic acids is 1. The molecule has 3 aromatic heterocycles. The number of carbonyl (C=O) groups is 1. The van der Waals surface area contributed by atoms with Gasteiger partial charge in [0.05, 0.1) is 12.6 Å². The van der Waals surface area contributed by atoms with Crippen LogP contribution >= 0.6 is 0 Å². The summed E-state index contributed by atoms with van der Waals surface area (Å²) < 4.78 is 1.90. The first kappa shape index (κ1) is 22.0. The predicted octanol–water partition coefficient (Wildman–Crippen LogP) is 4.69. The van der Waals surface area contributed by atoms with Gasteiger partial charge in [0.1, 0.15) is 5.82 Å². The number of hydroxylamine groups is 2. The fourth-order valence-corrected chi connectivity index (χ4v) is 5.42. The SMILES string of the molecule is Cc1ccc([C@@H]2CCON2C(=O)C2(C)CCC(Cc3cc(C)c4nc(C)nn4c3)CC2)cn1. The molecule has 0 N–H and O–H groups in total. The summed E-state index contributed by atoms with van der Waals surface area (Å²) in [5.74, 6) is 1.49.